The molecule has 0 aliphatic rings. The van der Waals surface area contributed by atoms with Crippen molar-refractivity contribution in [2.45, 2.75) is 19.3 Å². The van der Waals surface area contributed by atoms with E-state index in [2.05, 4.69) is 41.1 Å². The van der Waals surface area contributed by atoms with Crippen molar-refractivity contribution in [2.75, 3.05) is 14.1 Å². The molecule has 0 aliphatic heterocycles. The summed E-state index contributed by atoms with van der Waals surface area (Å²) in [7, 11) is 3.24. The summed E-state index contributed by atoms with van der Waals surface area (Å²) in [5.74, 6) is -1.08. The molecular weight excluding hydrogens is 517 g/mol. The average molecular weight is 533 g/mol. The van der Waals surface area contributed by atoms with Gasteiger partial charge in [0.15, 0.2) is 5.82 Å². The molecule has 3 rings (SSSR count). The Morgan fingerprint density at radius 2 is 1.97 bits per heavy atom. The number of halogens is 4. The third-order valence-electron chi connectivity index (χ3n) is 3.97. The second-order valence-corrected chi connectivity index (χ2v) is 8.58. The van der Waals surface area contributed by atoms with Gasteiger partial charge in [-0.2, -0.15) is 9.78 Å². The third-order valence-corrected chi connectivity index (χ3v) is 5.39. The Morgan fingerprint density at radius 3 is 2.62 bits per heavy atom. The summed E-state index contributed by atoms with van der Waals surface area (Å²) in [5, 5.41) is 7.12. The van der Waals surface area contributed by atoms with E-state index >= 15 is 0 Å². The lowest BCUT2D eigenvalue weighted by molar-refractivity contribution is -0.274. The third kappa shape index (κ3) is 5.62. The molecule has 0 saturated carbocycles. The highest BCUT2D eigenvalue weighted by Gasteiger charge is 2.31. The van der Waals surface area contributed by atoms with Crippen LogP contribution >= 0.6 is 27.3 Å². The maximum Gasteiger partial charge on any atom is 0.573 e. The number of amides is 2. The van der Waals surface area contributed by atoms with E-state index in [1.165, 1.54) is 28.2 Å². The van der Waals surface area contributed by atoms with Crippen LogP contribution in [0.3, 0.4) is 0 Å². The van der Waals surface area contributed by atoms with Gasteiger partial charge in [-0.15, -0.1) is 13.2 Å². The number of benzene rings is 1. The molecule has 0 bridgehead atoms. The fourth-order valence-corrected chi connectivity index (χ4v) is 3.98. The monoisotopic (exact) mass is 532 g/mol. The molecule has 1 aromatic carbocycles. The number of aromatic nitrogens is 4. The Labute approximate surface area is 192 Å². The van der Waals surface area contributed by atoms with Gasteiger partial charge in [-0.3, -0.25) is 9.59 Å². The van der Waals surface area contributed by atoms with Crippen LogP contribution in [-0.4, -0.2) is 56.9 Å². The van der Waals surface area contributed by atoms with Crippen molar-refractivity contribution in [3.8, 4) is 10.9 Å². The van der Waals surface area contributed by atoms with Crippen LogP contribution in [0.1, 0.15) is 38.8 Å². The predicted octanol–water partition coefficient (Wildman–Crippen LogP) is 3.58. The molecule has 1 N–H and O–H groups in total. The highest BCUT2D eigenvalue weighted by molar-refractivity contribution is 9.10. The van der Waals surface area contributed by atoms with E-state index in [0.29, 0.717) is 15.8 Å². The summed E-state index contributed by atoms with van der Waals surface area (Å²) in [6, 6.07) is 2.74. The van der Waals surface area contributed by atoms with Gasteiger partial charge >= 0.3 is 6.36 Å². The lowest BCUT2D eigenvalue weighted by atomic mass is 10.2. The highest BCUT2D eigenvalue weighted by Crippen LogP contribution is 2.28. The number of ether oxygens (including phenoxy) is 1. The largest absolute Gasteiger partial charge is 0.573 e. The van der Waals surface area contributed by atoms with Gasteiger partial charge in [0.05, 0.1) is 12.2 Å². The van der Waals surface area contributed by atoms with Gasteiger partial charge in [0, 0.05) is 24.1 Å². The predicted molar refractivity (Wildman–Crippen MR) is 112 cm³/mol. The molecule has 3 aromatic rings. The molecule has 2 amide bonds. The van der Waals surface area contributed by atoms with Crippen LogP contribution < -0.4 is 10.1 Å². The van der Waals surface area contributed by atoms with Gasteiger partial charge in [-0.1, -0.05) is 27.3 Å². The van der Waals surface area contributed by atoms with Crippen molar-refractivity contribution >= 4 is 39.1 Å². The maximum atomic E-state index is 12.6. The van der Waals surface area contributed by atoms with Crippen molar-refractivity contribution in [1.82, 2.24) is 30.0 Å². The number of alkyl halides is 3. The fourth-order valence-electron chi connectivity index (χ4n) is 2.61. The van der Waals surface area contributed by atoms with Gasteiger partial charge in [-0.25, -0.2) is 9.97 Å². The number of thiazole rings is 1. The first kappa shape index (κ1) is 23.7. The molecule has 0 saturated heterocycles. The smallest absolute Gasteiger partial charge is 0.406 e. The zero-order valence-electron chi connectivity index (χ0n) is 16.8. The Bertz CT molecular complexity index is 1150. The summed E-state index contributed by atoms with van der Waals surface area (Å²) in [6.07, 6.45) is -2.21. The molecule has 2 heterocycles. The highest BCUT2D eigenvalue weighted by atomic mass is 79.9. The molecule has 0 spiro atoms. The molecule has 1 atom stereocenters. The van der Waals surface area contributed by atoms with Crippen LogP contribution in [0.4, 0.5) is 13.2 Å². The minimum absolute atomic E-state index is 0.0512. The summed E-state index contributed by atoms with van der Waals surface area (Å²) in [5.41, 5.74) is -0.0512. The Balaban J connectivity index is 1.79. The van der Waals surface area contributed by atoms with Crippen LogP contribution in [0.2, 0.25) is 0 Å². The zero-order chi connectivity index (χ0) is 23.6. The van der Waals surface area contributed by atoms with Crippen LogP contribution in [0.5, 0.6) is 5.75 Å². The molecule has 9 nitrogen and oxygen atoms in total. The van der Waals surface area contributed by atoms with E-state index in [-0.39, 0.29) is 15.9 Å². The normalized spacial score (nSPS) is 12.3. The Morgan fingerprint density at radius 1 is 1.25 bits per heavy atom. The lowest BCUT2D eigenvalue weighted by Crippen LogP contribution is -2.29. The first-order chi connectivity index (χ1) is 14.9. The van der Waals surface area contributed by atoms with E-state index < -0.39 is 24.1 Å². The van der Waals surface area contributed by atoms with Crippen molar-refractivity contribution in [2.24, 2.45) is 0 Å². The molecule has 32 heavy (non-hydrogen) atoms. The number of hydrogen-bond acceptors (Lipinski definition) is 7. The summed E-state index contributed by atoms with van der Waals surface area (Å²) in [6.45, 7) is 1.63. The summed E-state index contributed by atoms with van der Waals surface area (Å²) >= 11 is 4.17. The number of nitrogens with zero attached hydrogens (tertiary/aromatic N) is 5. The van der Waals surface area contributed by atoms with Crippen molar-refractivity contribution in [3.05, 3.63) is 51.5 Å². The van der Waals surface area contributed by atoms with Crippen molar-refractivity contribution in [1.29, 1.82) is 0 Å². The summed E-state index contributed by atoms with van der Waals surface area (Å²) < 4.78 is 43.1. The molecule has 14 heteroatoms. The first-order valence-corrected chi connectivity index (χ1v) is 10.5. The van der Waals surface area contributed by atoms with Gasteiger partial charge in [0.2, 0.25) is 5.13 Å². The topological polar surface area (TPSA) is 102 Å². The van der Waals surface area contributed by atoms with E-state index in [1.54, 1.807) is 21.0 Å². The molecule has 0 unspecified atom stereocenters. The molecule has 2 aromatic heterocycles. The number of carbonyl (C=O) groups is 2. The average Bonchev–Trinajstić information content (AvgIpc) is 3.34. The Hall–Kier alpha value is -3.00. The van der Waals surface area contributed by atoms with Crippen molar-refractivity contribution in [3.63, 3.8) is 0 Å². The second kappa shape index (κ2) is 9.24. The maximum absolute atomic E-state index is 12.6. The van der Waals surface area contributed by atoms with Crippen LogP contribution in [0.25, 0.3) is 5.13 Å². The van der Waals surface area contributed by atoms with Gasteiger partial charge < -0.3 is 15.0 Å². The number of hydrogen-bond donors (Lipinski definition) is 1. The fraction of sp³-hybridized carbons (Fsp3) is 0.278. The van der Waals surface area contributed by atoms with E-state index in [1.807, 2.05) is 0 Å². The zero-order valence-corrected chi connectivity index (χ0v) is 19.2. The Kier molecular flexibility index (Phi) is 6.83. The second-order valence-electron chi connectivity index (χ2n) is 6.66. The number of nitrogens with one attached hydrogen (secondary N) is 1. The summed E-state index contributed by atoms with van der Waals surface area (Å²) in [4.78, 5) is 34.9. The van der Waals surface area contributed by atoms with Crippen LogP contribution in [-0.2, 0) is 0 Å². The first-order valence-electron chi connectivity index (χ1n) is 8.89. The quantitative estimate of drug-likeness (QED) is 0.520. The molecule has 0 radical (unpaired) electrons. The number of carbonyl (C=O) groups excluding carboxylic acids is 2. The molecule has 0 aliphatic carbocycles. The van der Waals surface area contributed by atoms with Gasteiger partial charge in [0.1, 0.15) is 17.0 Å². The minimum Gasteiger partial charge on any atom is -0.406 e. The van der Waals surface area contributed by atoms with E-state index in [9.17, 15) is 22.8 Å². The standard InChI is InChI=1S/C18H16BrF3N6O3S/c1-9(26-15(29)10-4-11(19)6-12(5-10)31-18(20,21)22)14-24-8-25-28(14)17-23-7-13(32-17)16(30)27(2)3/h4-9H,1-3H3,(H,26,29)/t9-/m0/s1. The molecular formula is C18H16BrF3N6O3S. The van der Waals surface area contributed by atoms with Gasteiger partial charge in [0.25, 0.3) is 11.8 Å². The minimum atomic E-state index is -4.89. The number of rotatable bonds is 6. The van der Waals surface area contributed by atoms with E-state index in [4.69, 9.17) is 0 Å². The lowest BCUT2D eigenvalue weighted by Gasteiger charge is -2.15. The van der Waals surface area contributed by atoms with E-state index in [0.717, 1.165) is 23.5 Å². The molecule has 170 valence electrons. The molecule has 0 fully saturated rings. The van der Waals surface area contributed by atoms with Crippen molar-refractivity contribution < 1.29 is 27.5 Å². The van der Waals surface area contributed by atoms with Crippen LogP contribution in [0, 0.1) is 0 Å². The SMILES string of the molecule is C[C@H](NC(=O)c1cc(Br)cc(OC(F)(F)F)c1)c1ncnn1-c1ncc(C(=O)N(C)C)s1. The van der Waals surface area contributed by atoms with Gasteiger partial charge in [-0.05, 0) is 25.1 Å². The van der Waals surface area contributed by atoms with Crippen LogP contribution in [0.15, 0.2) is 35.2 Å².